The third-order valence-electron chi connectivity index (χ3n) is 3.52. The third-order valence-corrected chi connectivity index (χ3v) is 3.52. The molecule has 0 aliphatic carbocycles. The smallest absolute Gasteiger partial charge is 0.222 e. The van der Waals surface area contributed by atoms with E-state index in [1.54, 1.807) is 12.1 Å². The van der Waals surface area contributed by atoms with Crippen LogP contribution in [-0.2, 0) is 11.2 Å². The highest BCUT2D eigenvalue weighted by atomic mass is 19.1. The number of hydrogen-bond acceptors (Lipinski definition) is 2. The van der Waals surface area contributed by atoms with Crippen LogP contribution in [0.15, 0.2) is 24.3 Å². The van der Waals surface area contributed by atoms with Gasteiger partial charge < -0.3 is 10.2 Å². The number of rotatable bonds is 4. The van der Waals surface area contributed by atoms with Gasteiger partial charge >= 0.3 is 0 Å². The number of benzene rings is 1. The highest BCUT2D eigenvalue weighted by Crippen LogP contribution is 2.10. The number of likely N-dealkylation sites (N-methyl/N-ethyl adjacent to an activating group) is 1. The molecule has 1 fully saturated rings. The van der Waals surface area contributed by atoms with Crippen molar-refractivity contribution in [3.63, 3.8) is 0 Å². The standard InChI is InChI=1S/C14H19FN2O/c1-17(13-8-9-16-10-13)14(18)7-4-11-2-5-12(15)6-3-11/h2-3,5-6,13,16H,4,7-10H2,1H3. The molecule has 1 amide bonds. The molecule has 98 valence electrons. The van der Waals surface area contributed by atoms with E-state index in [1.807, 2.05) is 11.9 Å². The summed E-state index contributed by atoms with van der Waals surface area (Å²) in [6, 6.07) is 6.67. The fourth-order valence-corrected chi connectivity index (χ4v) is 2.25. The van der Waals surface area contributed by atoms with Gasteiger partial charge in [0.1, 0.15) is 5.82 Å². The first-order chi connectivity index (χ1) is 8.66. The Morgan fingerprint density at radius 3 is 2.78 bits per heavy atom. The van der Waals surface area contributed by atoms with Crippen molar-refractivity contribution in [2.75, 3.05) is 20.1 Å². The number of nitrogens with one attached hydrogen (secondary N) is 1. The van der Waals surface area contributed by atoms with Gasteiger partial charge in [0.2, 0.25) is 5.91 Å². The van der Waals surface area contributed by atoms with Crippen LogP contribution in [0.1, 0.15) is 18.4 Å². The Labute approximate surface area is 107 Å². The van der Waals surface area contributed by atoms with Gasteiger partial charge in [0.15, 0.2) is 0 Å². The first-order valence-corrected chi connectivity index (χ1v) is 6.37. The quantitative estimate of drug-likeness (QED) is 0.880. The summed E-state index contributed by atoms with van der Waals surface area (Å²) in [6.45, 7) is 1.87. The van der Waals surface area contributed by atoms with Gasteiger partial charge in [0.05, 0.1) is 0 Å². The Hall–Kier alpha value is -1.42. The Morgan fingerprint density at radius 1 is 1.44 bits per heavy atom. The van der Waals surface area contributed by atoms with E-state index in [9.17, 15) is 9.18 Å². The monoisotopic (exact) mass is 250 g/mol. The minimum Gasteiger partial charge on any atom is -0.341 e. The molecule has 1 unspecified atom stereocenters. The van der Waals surface area contributed by atoms with Gasteiger partial charge in [-0.1, -0.05) is 12.1 Å². The lowest BCUT2D eigenvalue weighted by atomic mass is 10.1. The molecule has 1 saturated heterocycles. The molecular formula is C14H19FN2O. The largest absolute Gasteiger partial charge is 0.341 e. The molecule has 1 aromatic carbocycles. The highest BCUT2D eigenvalue weighted by Gasteiger charge is 2.22. The molecule has 4 heteroatoms. The fraction of sp³-hybridized carbons (Fsp3) is 0.500. The Morgan fingerprint density at radius 2 is 2.17 bits per heavy atom. The summed E-state index contributed by atoms with van der Waals surface area (Å²) in [5.41, 5.74) is 1.00. The van der Waals surface area contributed by atoms with Gasteiger partial charge in [-0.3, -0.25) is 4.79 Å². The van der Waals surface area contributed by atoms with Crippen LogP contribution in [-0.4, -0.2) is 37.0 Å². The molecule has 1 aromatic rings. The average molecular weight is 250 g/mol. The molecule has 0 spiro atoms. The van der Waals surface area contributed by atoms with Crippen LogP contribution in [0, 0.1) is 5.82 Å². The second-order valence-corrected chi connectivity index (χ2v) is 4.78. The number of hydrogen-bond donors (Lipinski definition) is 1. The minimum absolute atomic E-state index is 0.160. The van der Waals surface area contributed by atoms with Crippen molar-refractivity contribution in [1.29, 1.82) is 0 Å². The van der Waals surface area contributed by atoms with Crippen LogP contribution in [0.3, 0.4) is 0 Å². The lowest BCUT2D eigenvalue weighted by Gasteiger charge is -2.23. The van der Waals surface area contributed by atoms with Gasteiger partial charge in [0.25, 0.3) is 0 Å². The van der Waals surface area contributed by atoms with E-state index >= 15 is 0 Å². The van der Waals surface area contributed by atoms with Gasteiger partial charge in [-0.05, 0) is 37.1 Å². The fourth-order valence-electron chi connectivity index (χ4n) is 2.25. The van der Waals surface area contributed by atoms with E-state index in [-0.39, 0.29) is 11.7 Å². The summed E-state index contributed by atoms with van der Waals surface area (Å²) in [4.78, 5) is 13.8. The van der Waals surface area contributed by atoms with E-state index in [4.69, 9.17) is 0 Å². The van der Waals surface area contributed by atoms with Crippen LogP contribution in [0.2, 0.25) is 0 Å². The summed E-state index contributed by atoms with van der Waals surface area (Å²) < 4.78 is 12.7. The molecule has 1 aliphatic rings. The van der Waals surface area contributed by atoms with Gasteiger partial charge in [-0.25, -0.2) is 4.39 Å². The van der Waals surface area contributed by atoms with Gasteiger partial charge in [-0.15, -0.1) is 0 Å². The molecule has 18 heavy (non-hydrogen) atoms. The first kappa shape index (κ1) is 13.0. The predicted molar refractivity (Wildman–Crippen MR) is 68.8 cm³/mol. The van der Waals surface area contributed by atoms with Crippen LogP contribution in [0.4, 0.5) is 4.39 Å². The minimum atomic E-state index is -0.237. The highest BCUT2D eigenvalue weighted by molar-refractivity contribution is 5.76. The van der Waals surface area contributed by atoms with Crippen LogP contribution >= 0.6 is 0 Å². The zero-order valence-corrected chi connectivity index (χ0v) is 10.7. The zero-order chi connectivity index (χ0) is 13.0. The Balaban J connectivity index is 1.82. The molecule has 0 radical (unpaired) electrons. The van der Waals surface area contributed by atoms with Crippen molar-refractivity contribution < 1.29 is 9.18 Å². The first-order valence-electron chi connectivity index (χ1n) is 6.37. The number of carbonyl (C=O) groups excluding carboxylic acids is 1. The molecular weight excluding hydrogens is 231 g/mol. The molecule has 1 aliphatic heterocycles. The number of aryl methyl sites for hydroxylation is 1. The maximum absolute atomic E-state index is 12.7. The molecule has 1 N–H and O–H groups in total. The van der Waals surface area contributed by atoms with Crippen LogP contribution in [0.5, 0.6) is 0 Å². The van der Waals surface area contributed by atoms with E-state index < -0.39 is 0 Å². The maximum atomic E-state index is 12.7. The zero-order valence-electron chi connectivity index (χ0n) is 10.7. The molecule has 0 bridgehead atoms. The van der Waals surface area contributed by atoms with Gasteiger partial charge in [-0.2, -0.15) is 0 Å². The van der Waals surface area contributed by atoms with Crippen molar-refractivity contribution in [1.82, 2.24) is 10.2 Å². The average Bonchev–Trinajstić information content (AvgIpc) is 2.90. The van der Waals surface area contributed by atoms with Crippen molar-refractivity contribution in [3.8, 4) is 0 Å². The lowest BCUT2D eigenvalue weighted by Crippen LogP contribution is -2.38. The van der Waals surface area contributed by atoms with E-state index in [2.05, 4.69) is 5.32 Å². The Kier molecular flexibility index (Phi) is 4.31. The summed E-state index contributed by atoms with van der Waals surface area (Å²) in [6.07, 6.45) is 2.18. The third kappa shape index (κ3) is 3.29. The number of halogens is 1. The molecule has 2 rings (SSSR count). The van der Waals surface area contributed by atoms with Crippen molar-refractivity contribution in [3.05, 3.63) is 35.6 Å². The Bertz CT molecular complexity index is 399. The van der Waals surface area contributed by atoms with Crippen molar-refractivity contribution in [2.45, 2.75) is 25.3 Å². The maximum Gasteiger partial charge on any atom is 0.222 e. The second kappa shape index (κ2) is 5.96. The molecule has 0 aromatic heterocycles. The van der Waals surface area contributed by atoms with Crippen LogP contribution in [0.25, 0.3) is 0 Å². The predicted octanol–water partition coefficient (Wildman–Crippen LogP) is 1.58. The van der Waals surface area contributed by atoms with Crippen molar-refractivity contribution >= 4 is 5.91 Å². The number of carbonyl (C=O) groups is 1. The summed E-state index contributed by atoms with van der Waals surface area (Å²) in [5, 5.41) is 3.25. The number of amides is 1. The summed E-state index contributed by atoms with van der Waals surface area (Å²) in [7, 11) is 1.87. The van der Waals surface area contributed by atoms with Gasteiger partial charge in [0, 0.05) is 26.1 Å². The van der Waals surface area contributed by atoms with E-state index in [0.717, 1.165) is 25.1 Å². The molecule has 1 heterocycles. The lowest BCUT2D eigenvalue weighted by molar-refractivity contribution is -0.131. The SMILES string of the molecule is CN(C(=O)CCc1ccc(F)cc1)C1CCNC1. The molecule has 3 nitrogen and oxygen atoms in total. The normalized spacial score (nSPS) is 18.9. The summed E-state index contributed by atoms with van der Waals surface area (Å²) in [5.74, 6) is -0.0766. The molecule has 0 saturated carbocycles. The topological polar surface area (TPSA) is 32.3 Å². The van der Waals surface area contributed by atoms with Crippen molar-refractivity contribution in [2.24, 2.45) is 0 Å². The summed E-state index contributed by atoms with van der Waals surface area (Å²) >= 11 is 0. The second-order valence-electron chi connectivity index (χ2n) is 4.78. The molecule has 1 atom stereocenters. The number of nitrogens with zero attached hydrogens (tertiary/aromatic N) is 1. The van der Waals surface area contributed by atoms with E-state index in [1.165, 1.54) is 12.1 Å². The van der Waals surface area contributed by atoms with Crippen LogP contribution < -0.4 is 5.32 Å². The van der Waals surface area contributed by atoms with E-state index in [0.29, 0.717) is 18.9 Å².